The van der Waals surface area contributed by atoms with Gasteiger partial charge in [-0.25, -0.2) is 4.79 Å². The van der Waals surface area contributed by atoms with E-state index < -0.39 is 7.12 Å². The predicted octanol–water partition coefficient (Wildman–Crippen LogP) is 1.58. The molecule has 6 nitrogen and oxygen atoms in total. The summed E-state index contributed by atoms with van der Waals surface area (Å²) in [6, 6.07) is 7.42. The largest absolute Gasteiger partial charge is 0.494 e. The minimum atomic E-state index is -0.419. The highest BCUT2D eigenvalue weighted by Crippen LogP contribution is 2.27. The first-order valence-corrected chi connectivity index (χ1v) is 8.52. The van der Waals surface area contributed by atoms with E-state index in [-0.39, 0.29) is 23.8 Å². The molecule has 2 N–H and O–H groups in total. The maximum Gasteiger partial charge on any atom is 0.494 e. The summed E-state index contributed by atoms with van der Waals surface area (Å²) in [4.78, 5) is 14.1. The molecule has 2 aliphatic heterocycles. The average Bonchev–Trinajstić information content (AvgIpc) is 2.82. The van der Waals surface area contributed by atoms with Crippen LogP contribution in [-0.2, 0) is 9.31 Å². The Hall–Kier alpha value is -1.57. The van der Waals surface area contributed by atoms with E-state index in [0.717, 1.165) is 5.46 Å². The number of carbonyl (C=O) groups is 1. The monoisotopic (exact) mass is 332 g/mol. The van der Waals surface area contributed by atoms with Gasteiger partial charge in [-0.15, -0.1) is 0 Å². The van der Waals surface area contributed by atoms with Gasteiger partial charge in [-0.2, -0.15) is 0 Å². The van der Waals surface area contributed by atoms with Gasteiger partial charge in [-0.1, -0.05) is 12.1 Å². The van der Waals surface area contributed by atoms with E-state index in [1.54, 1.807) is 4.90 Å². The SMILES string of the molecule is CC1OB(c2cccc(NC(=O)N3CCC(O)CC3)c2)OC1(C)C. The lowest BCUT2D eigenvalue weighted by molar-refractivity contribution is 0.0842. The van der Waals surface area contributed by atoms with Gasteiger partial charge in [0.15, 0.2) is 0 Å². The van der Waals surface area contributed by atoms with Gasteiger partial charge >= 0.3 is 13.1 Å². The van der Waals surface area contributed by atoms with E-state index in [4.69, 9.17) is 9.31 Å². The highest BCUT2D eigenvalue weighted by Gasteiger charge is 2.43. The van der Waals surface area contributed by atoms with Crippen LogP contribution in [0.25, 0.3) is 0 Å². The summed E-state index contributed by atoms with van der Waals surface area (Å²) < 4.78 is 11.8. The molecule has 0 spiro atoms. The molecule has 1 aromatic rings. The molecule has 0 aliphatic carbocycles. The van der Waals surface area contributed by atoms with Crippen molar-refractivity contribution in [3.05, 3.63) is 24.3 Å². The molecular weight excluding hydrogens is 307 g/mol. The maximum absolute atomic E-state index is 12.3. The molecule has 1 atom stereocenters. The Kier molecular flexibility index (Phi) is 4.85. The zero-order valence-electron chi connectivity index (χ0n) is 14.5. The predicted molar refractivity (Wildman–Crippen MR) is 93.4 cm³/mol. The highest BCUT2D eigenvalue weighted by atomic mass is 16.7. The summed E-state index contributed by atoms with van der Waals surface area (Å²) >= 11 is 0. The summed E-state index contributed by atoms with van der Waals surface area (Å²) in [7, 11) is -0.419. The molecule has 1 unspecified atom stereocenters. The summed E-state index contributed by atoms with van der Waals surface area (Å²) in [5, 5.41) is 12.5. The number of hydrogen-bond acceptors (Lipinski definition) is 4. The van der Waals surface area contributed by atoms with Crippen LogP contribution in [-0.4, -0.2) is 54.1 Å². The van der Waals surface area contributed by atoms with Crippen molar-refractivity contribution in [1.82, 2.24) is 4.90 Å². The second-order valence-electron chi connectivity index (χ2n) is 7.11. The Balaban J connectivity index is 1.64. The van der Waals surface area contributed by atoms with Gasteiger partial charge in [0.2, 0.25) is 0 Å². The number of anilines is 1. The lowest BCUT2D eigenvalue weighted by Gasteiger charge is -2.29. The van der Waals surface area contributed by atoms with Crippen LogP contribution in [0.2, 0.25) is 0 Å². The lowest BCUT2D eigenvalue weighted by Crippen LogP contribution is -2.42. The number of benzene rings is 1. The number of amides is 2. The average molecular weight is 332 g/mol. The first kappa shape index (κ1) is 17.3. The van der Waals surface area contributed by atoms with Crippen LogP contribution >= 0.6 is 0 Å². The van der Waals surface area contributed by atoms with Crippen LogP contribution in [0.4, 0.5) is 10.5 Å². The maximum atomic E-state index is 12.3. The van der Waals surface area contributed by atoms with E-state index in [1.165, 1.54) is 0 Å². The van der Waals surface area contributed by atoms with Crippen molar-refractivity contribution >= 4 is 24.3 Å². The Bertz CT molecular complexity index is 602. The number of piperidine rings is 1. The van der Waals surface area contributed by atoms with E-state index in [0.29, 0.717) is 31.6 Å². The van der Waals surface area contributed by atoms with Crippen molar-refractivity contribution in [3.8, 4) is 0 Å². The molecule has 2 aliphatic rings. The minimum Gasteiger partial charge on any atom is -0.402 e. The summed E-state index contributed by atoms with van der Waals surface area (Å²) in [6.07, 6.45) is 0.967. The summed E-state index contributed by atoms with van der Waals surface area (Å²) in [5.41, 5.74) is 1.27. The lowest BCUT2D eigenvalue weighted by atomic mass is 9.79. The second kappa shape index (κ2) is 6.74. The van der Waals surface area contributed by atoms with Gasteiger partial charge in [0.05, 0.1) is 17.8 Å². The molecule has 2 saturated heterocycles. The van der Waals surface area contributed by atoms with E-state index in [2.05, 4.69) is 5.32 Å². The molecule has 7 heteroatoms. The van der Waals surface area contributed by atoms with Crippen LogP contribution in [0, 0.1) is 0 Å². The Morgan fingerprint density at radius 2 is 2.08 bits per heavy atom. The smallest absolute Gasteiger partial charge is 0.402 e. The standard InChI is InChI=1S/C17H25BN2O4/c1-12-17(2,3)24-18(23-12)13-5-4-6-14(11-13)19-16(22)20-9-7-15(21)8-10-20/h4-6,11-12,15,21H,7-10H2,1-3H3,(H,19,22). The number of nitrogens with one attached hydrogen (secondary N) is 1. The van der Waals surface area contributed by atoms with Gasteiger partial charge in [0.1, 0.15) is 0 Å². The van der Waals surface area contributed by atoms with Crippen molar-refractivity contribution in [1.29, 1.82) is 0 Å². The quantitative estimate of drug-likeness (QED) is 0.807. The van der Waals surface area contributed by atoms with E-state index >= 15 is 0 Å². The minimum absolute atomic E-state index is 0.000486. The van der Waals surface area contributed by atoms with Gasteiger partial charge in [-0.3, -0.25) is 0 Å². The topological polar surface area (TPSA) is 71.0 Å². The molecule has 2 heterocycles. The Morgan fingerprint density at radius 3 is 2.71 bits per heavy atom. The second-order valence-corrected chi connectivity index (χ2v) is 7.11. The number of hydrogen-bond donors (Lipinski definition) is 2. The number of likely N-dealkylation sites (tertiary alicyclic amines) is 1. The van der Waals surface area contributed by atoms with Gasteiger partial charge < -0.3 is 24.6 Å². The molecule has 1 aromatic carbocycles. The zero-order chi connectivity index (χ0) is 17.3. The molecule has 2 fully saturated rings. The molecule has 3 rings (SSSR count). The molecule has 2 amide bonds. The molecule has 0 aromatic heterocycles. The van der Waals surface area contributed by atoms with Crippen LogP contribution in [0.1, 0.15) is 33.6 Å². The number of aliphatic hydroxyl groups excluding tert-OH is 1. The Labute approximate surface area is 143 Å². The highest BCUT2D eigenvalue weighted by molar-refractivity contribution is 6.62. The van der Waals surface area contributed by atoms with E-state index in [9.17, 15) is 9.90 Å². The van der Waals surface area contributed by atoms with Gasteiger partial charge in [-0.05, 0) is 51.2 Å². The first-order valence-electron chi connectivity index (χ1n) is 8.52. The summed E-state index contributed by atoms with van der Waals surface area (Å²) in [6.45, 7) is 7.17. The molecule has 0 bridgehead atoms. The fourth-order valence-corrected chi connectivity index (χ4v) is 2.93. The first-order chi connectivity index (χ1) is 11.3. The van der Waals surface area contributed by atoms with Crippen LogP contribution in [0.5, 0.6) is 0 Å². The number of nitrogens with zero attached hydrogens (tertiary/aromatic N) is 1. The van der Waals surface area contributed by atoms with Crippen molar-refractivity contribution in [3.63, 3.8) is 0 Å². The number of rotatable bonds is 2. The third kappa shape index (κ3) is 3.74. The third-order valence-corrected chi connectivity index (χ3v) is 4.88. The fourth-order valence-electron chi connectivity index (χ4n) is 2.93. The number of urea groups is 1. The molecule has 130 valence electrons. The molecule has 24 heavy (non-hydrogen) atoms. The van der Waals surface area contributed by atoms with Crippen molar-refractivity contribution in [2.75, 3.05) is 18.4 Å². The van der Waals surface area contributed by atoms with E-state index in [1.807, 2.05) is 45.0 Å². The van der Waals surface area contributed by atoms with Crippen LogP contribution < -0.4 is 10.8 Å². The van der Waals surface area contributed by atoms with Crippen molar-refractivity contribution in [2.24, 2.45) is 0 Å². The Morgan fingerprint density at radius 1 is 1.38 bits per heavy atom. The summed E-state index contributed by atoms with van der Waals surface area (Å²) in [5.74, 6) is 0. The van der Waals surface area contributed by atoms with Crippen LogP contribution in [0.3, 0.4) is 0 Å². The zero-order valence-corrected chi connectivity index (χ0v) is 14.5. The molecular formula is C17H25BN2O4. The third-order valence-electron chi connectivity index (χ3n) is 4.88. The van der Waals surface area contributed by atoms with Crippen molar-refractivity contribution < 1.29 is 19.2 Å². The van der Waals surface area contributed by atoms with Crippen LogP contribution in [0.15, 0.2) is 24.3 Å². The molecule has 0 saturated carbocycles. The number of carbonyl (C=O) groups excluding carboxylic acids is 1. The van der Waals surface area contributed by atoms with Gasteiger partial charge in [0, 0.05) is 18.8 Å². The van der Waals surface area contributed by atoms with Crippen molar-refractivity contribution in [2.45, 2.75) is 51.4 Å². The number of aliphatic hydroxyl groups is 1. The normalized spacial score (nSPS) is 24.2. The molecule has 0 radical (unpaired) electrons. The van der Waals surface area contributed by atoms with Gasteiger partial charge in [0.25, 0.3) is 0 Å². The fraction of sp³-hybridized carbons (Fsp3) is 0.588.